The zero-order chi connectivity index (χ0) is 25.7. The first kappa shape index (κ1) is 25.7. The molecule has 2 amide bonds. The first-order chi connectivity index (χ1) is 17.2. The van der Waals surface area contributed by atoms with E-state index in [1.165, 1.54) is 0 Å². The minimum atomic E-state index is -1.06. The molecule has 192 valence electrons. The number of carbonyl (C=O) groups excluding carboxylic acids is 3. The lowest BCUT2D eigenvalue weighted by atomic mass is 9.86. The van der Waals surface area contributed by atoms with Gasteiger partial charge in [-0.2, -0.15) is 0 Å². The molecule has 5 rings (SSSR count). The van der Waals surface area contributed by atoms with Crippen molar-refractivity contribution in [2.24, 2.45) is 5.92 Å². The molecule has 3 aliphatic heterocycles. The fourth-order valence-electron chi connectivity index (χ4n) is 4.78. The smallest absolute Gasteiger partial charge is 0.408 e. The number of piperidine rings is 3. The van der Waals surface area contributed by atoms with Crippen LogP contribution in [0.15, 0.2) is 60.7 Å². The standard InChI is InChI=1S/C28H35N3O5/c1-28(2,3)36-27(34)30-23(20-10-6-4-7-11-20)25(32)29-24(21-12-8-5-9-13-21)26(33)35-22-18-31-16-14-19(22)15-17-31/h4-13,19,22-24H,14-18H2,1-3H3,(H,29,32)(H,30,34)/t22-,23?,24?/m0/s1. The second-order valence-corrected chi connectivity index (χ2v) is 10.5. The molecule has 0 aromatic heterocycles. The van der Waals surface area contributed by atoms with Crippen molar-refractivity contribution in [2.45, 2.75) is 57.4 Å². The minimum Gasteiger partial charge on any atom is -0.459 e. The number of alkyl carbamates (subject to hydrolysis) is 1. The summed E-state index contributed by atoms with van der Waals surface area (Å²) in [6, 6.07) is 15.8. The van der Waals surface area contributed by atoms with Gasteiger partial charge in [0.05, 0.1) is 0 Å². The highest BCUT2D eigenvalue weighted by Gasteiger charge is 2.39. The van der Waals surface area contributed by atoms with Gasteiger partial charge in [-0.25, -0.2) is 9.59 Å². The summed E-state index contributed by atoms with van der Waals surface area (Å²) in [6.07, 6.45) is 1.11. The van der Waals surface area contributed by atoms with Gasteiger partial charge < -0.3 is 20.1 Å². The Bertz CT molecular complexity index is 1050. The fraction of sp³-hybridized carbons (Fsp3) is 0.464. The maximum atomic E-state index is 13.6. The number of carbonyl (C=O) groups is 3. The summed E-state index contributed by atoms with van der Waals surface area (Å²) in [5.41, 5.74) is 0.452. The highest BCUT2D eigenvalue weighted by molar-refractivity contribution is 5.91. The van der Waals surface area contributed by atoms with E-state index >= 15 is 0 Å². The van der Waals surface area contributed by atoms with Gasteiger partial charge in [0.1, 0.15) is 17.7 Å². The molecule has 2 bridgehead atoms. The number of esters is 1. The van der Waals surface area contributed by atoms with Gasteiger partial charge in [0.15, 0.2) is 6.04 Å². The van der Waals surface area contributed by atoms with E-state index in [2.05, 4.69) is 15.5 Å². The molecule has 2 aromatic rings. The van der Waals surface area contributed by atoms with Crippen LogP contribution < -0.4 is 10.6 Å². The van der Waals surface area contributed by atoms with E-state index in [1.807, 2.05) is 24.3 Å². The number of hydrogen-bond donors (Lipinski definition) is 2. The van der Waals surface area contributed by atoms with Crippen molar-refractivity contribution in [3.8, 4) is 0 Å². The molecule has 0 saturated carbocycles. The Morgan fingerprint density at radius 1 is 0.861 bits per heavy atom. The Hall–Kier alpha value is -3.39. The lowest BCUT2D eigenvalue weighted by molar-refractivity contribution is -0.162. The molecule has 2 unspecified atom stereocenters. The number of benzene rings is 2. The van der Waals surface area contributed by atoms with E-state index in [-0.39, 0.29) is 6.10 Å². The Balaban J connectivity index is 1.54. The summed E-state index contributed by atoms with van der Waals surface area (Å²) in [4.78, 5) is 41.9. The van der Waals surface area contributed by atoms with Crippen LogP contribution in [0.2, 0.25) is 0 Å². The van der Waals surface area contributed by atoms with E-state index in [0.717, 1.165) is 32.5 Å². The van der Waals surface area contributed by atoms with Crippen molar-refractivity contribution < 1.29 is 23.9 Å². The van der Waals surface area contributed by atoms with Crippen LogP contribution in [0.5, 0.6) is 0 Å². The van der Waals surface area contributed by atoms with Crippen molar-refractivity contribution >= 4 is 18.0 Å². The molecular formula is C28H35N3O5. The lowest BCUT2D eigenvalue weighted by Gasteiger charge is -2.44. The third kappa shape index (κ3) is 6.63. The first-order valence-electron chi connectivity index (χ1n) is 12.5. The van der Waals surface area contributed by atoms with Crippen LogP contribution in [-0.4, -0.2) is 54.2 Å². The third-order valence-electron chi connectivity index (χ3n) is 6.58. The van der Waals surface area contributed by atoms with E-state index in [1.54, 1.807) is 57.2 Å². The molecular weight excluding hydrogens is 458 g/mol. The van der Waals surface area contributed by atoms with Crippen LogP contribution in [0, 0.1) is 5.92 Å². The van der Waals surface area contributed by atoms with Crippen molar-refractivity contribution in [3.05, 3.63) is 71.8 Å². The summed E-state index contributed by atoms with van der Waals surface area (Å²) in [5, 5.41) is 5.49. The molecule has 3 saturated heterocycles. The summed E-state index contributed by atoms with van der Waals surface area (Å²) < 4.78 is 11.3. The topological polar surface area (TPSA) is 97.0 Å². The zero-order valence-electron chi connectivity index (χ0n) is 21.1. The van der Waals surface area contributed by atoms with E-state index in [9.17, 15) is 14.4 Å². The first-order valence-corrected chi connectivity index (χ1v) is 12.5. The number of nitrogens with one attached hydrogen (secondary N) is 2. The van der Waals surface area contributed by atoms with Gasteiger partial charge in [-0.05, 0) is 63.7 Å². The normalized spacial score (nSPS) is 22.7. The number of rotatable bonds is 7. The van der Waals surface area contributed by atoms with Gasteiger partial charge in [0.2, 0.25) is 5.91 Å². The Morgan fingerprint density at radius 2 is 1.42 bits per heavy atom. The second kappa shape index (κ2) is 11.1. The predicted octanol–water partition coefficient (Wildman–Crippen LogP) is 3.75. The van der Waals surface area contributed by atoms with Gasteiger partial charge in [0, 0.05) is 6.54 Å². The molecule has 3 atom stereocenters. The largest absolute Gasteiger partial charge is 0.459 e. The van der Waals surface area contributed by atoms with Gasteiger partial charge in [-0.15, -0.1) is 0 Å². The zero-order valence-corrected chi connectivity index (χ0v) is 21.1. The molecule has 8 heteroatoms. The van der Waals surface area contributed by atoms with Crippen LogP contribution in [0.25, 0.3) is 0 Å². The molecule has 0 spiro atoms. The van der Waals surface area contributed by atoms with Crippen molar-refractivity contribution in [3.63, 3.8) is 0 Å². The van der Waals surface area contributed by atoms with Crippen LogP contribution in [0.3, 0.4) is 0 Å². The van der Waals surface area contributed by atoms with Crippen LogP contribution in [0.1, 0.15) is 56.8 Å². The van der Waals surface area contributed by atoms with E-state index in [0.29, 0.717) is 17.0 Å². The highest BCUT2D eigenvalue weighted by Crippen LogP contribution is 2.31. The Labute approximate surface area is 212 Å². The van der Waals surface area contributed by atoms with Crippen LogP contribution in [-0.2, 0) is 19.1 Å². The Kier molecular flexibility index (Phi) is 7.94. The van der Waals surface area contributed by atoms with Gasteiger partial charge in [0.25, 0.3) is 0 Å². The number of ether oxygens (including phenoxy) is 2. The molecule has 3 heterocycles. The maximum absolute atomic E-state index is 13.6. The SMILES string of the molecule is CC(C)(C)OC(=O)NC(C(=O)NC(C(=O)O[C@H]1CN2CCC1CC2)c1ccccc1)c1ccccc1. The second-order valence-electron chi connectivity index (χ2n) is 10.5. The average molecular weight is 494 g/mol. The summed E-state index contributed by atoms with van der Waals surface area (Å²) in [5.74, 6) is -0.693. The van der Waals surface area contributed by atoms with Crippen LogP contribution >= 0.6 is 0 Å². The molecule has 0 aliphatic carbocycles. The quantitative estimate of drug-likeness (QED) is 0.571. The van der Waals surface area contributed by atoms with Crippen LogP contribution in [0.4, 0.5) is 4.79 Å². The van der Waals surface area contributed by atoms with Gasteiger partial charge in [-0.1, -0.05) is 60.7 Å². The average Bonchev–Trinajstić information content (AvgIpc) is 2.86. The molecule has 2 aromatic carbocycles. The predicted molar refractivity (Wildman–Crippen MR) is 135 cm³/mol. The van der Waals surface area contributed by atoms with Gasteiger partial charge >= 0.3 is 12.1 Å². The fourth-order valence-corrected chi connectivity index (χ4v) is 4.78. The number of amides is 2. The van der Waals surface area contributed by atoms with Gasteiger partial charge in [-0.3, -0.25) is 9.69 Å². The minimum absolute atomic E-state index is 0.187. The molecule has 3 aliphatic rings. The van der Waals surface area contributed by atoms with Crippen molar-refractivity contribution in [1.29, 1.82) is 0 Å². The molecule has 8 nitrogen and oxygen atoms in total. The highest BCUT2D eigenvalue weighted by atomic mass is 16.6. The lowest BCUT2D eigenvalue weighted by Crippen LogP contribution is -2.53. The van der Waals surface area contributed by atoms with E-state index < -0.39 is 35.7 Å². The third-order valence-corrected chi connectivity index (χ3v) is 6.58. The number of nitrogens with zero attached hydrogens (tertiary/aromatic N) is 1. The maximum Gasteiger partial charge on any atom is 0.408 e. The molecule has 36 heavy (non-hydrogen) atoms. The molecule has 2 N–H and O–H groups in total. The Morgan fingerprint density at radius 3 is 1.92 bits per heavy atom. The monoisotopic (exact) mass is 493 g/mol. The summed E-state index contributed by atoms with van der Waals surface area (Å²) in [7, 11) is 0. The molecule has 3 fully saturated rings. The number of fused-ring (bicyclic) bond motifs is 3. The summed E-state index contributed by atoms with van der Waals surface area (Å²) in [6.45, 7) is 8.04. The van der Waals surface area contributed by atoms with Crippen molar-refractivity contribution in [2.75, 3.05) is 19.6 Å². The van der Waals surface area contributed by atoms with Crippen molar-refractivity contribution in [1.82, 2.24) is 15.5 Å². The van der Waals surface area contributed by atoms with E-state index in [4.69, 9.17) is 9.47 Å². The number of hydrogen-bond acceptors (Lipinski definition) is 6. The summed E-state index contributed by atoms with van der Waals surface area (Å²) >= 11 is 0. The molecule has 0 radical (unpaired) electrons.